The number of ether oxygens (including phenoxy) is 1. The average molecular weight is 547 g/mol. The maximum Gasteiger partial charge on any atom is 0.434 e. The molecule has 0 saturated carbocycles. The number of likely N-dealkylation sites (tertiary alicyclic amines) is 1. The predicted octanol–water partition coefficient (Wildman–Crippen LogP) is 4.67. The van der Waals surface area contributed by atoms with Crippen molar-refractivity contribution >= 4 is 33.9 Å². The van der Waals surface area contributed by atoms with E-state index in [1.54, 1.807) is 6.92 Å². The second-order valence-electron chi connectivity index (χ2n) is 8.10. The lowest BCUT2D eigenvalue weighted by atomic mass is 10.2. The number of carbonyl (C=O) groups excluding carboxylic acids is 1. The van der Waals surface area contributed by atoms with Crippen molar-refractivity contribution in [3.05, 3.63) is 47.7 Å². The Labute approximate surface area is 210 Å². The summed E-state index contributed by atoms with van der Waals surface area (Å²) in [6.07, 6.45) is -6.10. The first-order chi connectivity index (χ1) is 17.4. The zero-order valence-electron chi connectivity index (χ0n) is 19.0. The number of pyridine rings is 1. The second-order valence-corrected chi connectivity index (χ2v) is 8.87. The number of anilines is 3. The largest absolute Gasteiger partial charge is 0.473 e. The van der Waals surface area contributed by atoms with E-state index >= 15 is 0 Å². The molecule has 0 aromatic carbocycles. The van der Waals surface area contributed by atoms with E-state index in [2.05, 4.69) is 30.0 Å². The highest BCUT2D eigenvalue weighted by Crippen LogP contribution is 2.30. The highest BCUT2D eigenvalue weighted by Gasteiger charge is 2.35. The van der Waals surface area contributed by atoms with Crippen LogP contribution in [0.25, 0.3) is 0 Å². The maximum atomic E-state index is 12.9. The van der Waals surface area contributed by atoms with Crippen LogP contribution in [0.1, 0.15) is 28.2 Å². The highest BCUT2D eigenvalue weighted by molar-refractivity contribution is 7.10. The normalized spacial score (nSPS) is 16.6. The van der Waals surface area contributed by atoms with Gasteiger partial charge in [-0.05, 0) is 30.9 Å². The molecular formula is C21H19F6N7O2S. The van der Waals surface area contributed by atoms with E-state index in [4.69, 9.17) is 4.74 Å². The molecule has 0 spiro atoms. The zero-order chi connectivity index (χ0) is 26.8. The third-order valence-electron chi connectivity index (χ3n) is 5.19. The molecule has 0 radical (unpaired) electrons. The topological polar surface area (TPSA) is 105 Å². The summed E-state index contributed by atoms with van der Waals surface area (Å²) in [7, 11) is 0. The smallest absolute Gasteiger partial charge is 0.434 e. The summed E-state index contributed by atoms with van der Waals surface area (Å²) in [6.45, 7) is 0.988. The summed E-state index contributed by atoms with van der Waals surface area (Å²) in [5.74, 6) is -0.356. The van der Waals surface area contributed by atoms with Crippen LogP contribution in [0.4, 0.5) is 42.8 Å². The van der Waals surface area contributed by atoms with Gasteiger partial charge in [-0.15, -0.1) is 0 Å². The number of aryl methyl sites for hydroxylation is 1. The minimum Gasteiger partial charge on any atom is -0.473 e. The summed E-state index contributed by atoms with van der Waals surface area (Å²) in [5, 5.41) is 5.65. The molecule has 2 N–H and O–H groups in total. The van der Waals surface area contributed by atoms with Crippen molar-refractivity contribution in [2.45, 2.75) is 31.8 Å². The molecule has 1 unspecified atom stereocenters. The highest BCUT2D eigenvalue weighted by atomic mass is 32.1. The Bertz CT molecular complexity index is 1230. The van der Waals surface area contributed by atoms with E-state index in [9.17, 15) is 31.1 Å². The number of alkyl halides is 6. The van der Waals surface area contributed by atoms with Gasteiger partial charge in [-0.2, -0.15) is 30.7 Å². The first-order valence-electron chi connectivity index (χ1n) is 10.7. The van der Waals surface area contributed by atoms with Gasteiger partial charge in [0.2, 0.25) is 5.88 Å². The molecule has 1 saturated heterocycles. The van der Waals surface area contributed by atoms with Gasteiger partial charge < -0.3 is 15.4 Å². The standard InChI is InChI=1S/C21H19F6N7O2S/c1-11-17(19(37-33-11)32-15-8-28-14(7-29-15)21(25,26)27)18(35)31-12-2-3-16(30-6-12)36-13-4-5-34(9-13)10-20(22,23)24/h2-3,6-8,13H,4-5,9-10H2,1H3,(H,29,32)(H,31,35). The van der Waals surface area contributed by atoms with Crippen LogP contribution in [0.15, 0.2) is 30.7 Å². The summed E-state index contributed by atoms with van der Waals surface area (Å²) >= 11 is 0.921. The van der Waals surface area contributed by atoms with Gasteiger partial charge in [-0.1, -0.05) is 0 Å². The first kappa shape index (κ1) is 26.5. The first-order valence-corrected chi connectivity index (χ1v) is 11.5. The fourth-order valence-corrected chi connectivity index (χ4v) is 4.36. The van der Waals surface area contributed by atoms with Crippen LogP contribution < -0.4 is 15.4 Å². The monoisotopic (exact) mass is 547 g/mol. The Hall–Kier alpha value is -3.53. The van der Waals surface area contributed by atoms with E-state index in [1.807, 2.05) is 0 Å². The fourth-order valence-electron chi connectivity index (χ4n) is 3.56. The molecule has 37 heavy (non-hydrogen) atoms. The van der Waals surface area contributed by atoms with E-state index in [0.717, 1.165) is 17.7 Å². The third-order valence-corrected chi connectivity index (χ3v) is 6.04. The molecule has 16 heteroatoms. The third kappa shape index (κ3) is 7.03. The Kier molecular flexibility index (Phi) is 7.49. The van der Waals surface area contributed by atoms with Crippen LogP contribution in [-0.4, -0.2) is 62.0 Å². The van der Waals surface area contributed by atoms with Crippen molar-refractivity contribution in [3.8, 4) is 5.88 Å². The number of hydrogen-bond acceptors (Lipinski definition) is 9. The van der Waals surface area contributed by atoms with Crippen LogP contribution in [0.2, 0.25) is 0 Å². The number of amides is 1. The van der Waals surface area contributed by atoms with Crippen molar-refractivity contribution in [2.75, 3.05) is 30.3 Å². The molecule has 0 aliphatic carbocycles. The maximum absolute atomic E-state index is 12.9. The summed E-state index contributed by atoms with van der Waals surface area (Å²) < 4.78 is 85.5. The molecule has 0 bridgehead atoms. The zero-order valence-corrected chi connectivity index (χ0v) is 19.8. The molecule has 1 amide bonds. The van der Waals surface area contributed by atoms with Crippen molar-refractivity contribution in [3.63, 3.8) is 0 Å². The van der Waals surface area contributed by atoms with Crippen LogP contribution in [0.5, 0.6) is 5.88 Å². The van der Waals surface area contributed by atoms with Gasteiger partial charge in [-0.3, -0.25) is 9.69 Å². The Balaban J connectivity index is 1.36. The van der Waals surface area contributed by atoms with Gasteiger partial charge in [0.25, 0.3) is 5.91 Å². The molecule has 1 aliphatic heterocycles. The summed E-state index contributed by atoms with van der Waals surface area (Å²) in [4.78, 5) is 25.2. The van der Waals surface area contributed by atoms with Crippen molar-refractivity contribution in [1.82, 2.24) is 24.2 Å². The van der Waals surface area contributed by atoms with Crippen LogP contribution in [0, 0.1) is 6.92 Å². The van der Waals surface area contributed by atoms with E-state index in [1.165, 1.54) is 23.2 Å². The van der Waals surface area contributed by atoms with Crippen molar-refractivity contribution in [2.24, 2.45) is 0 Å². The van der Waals surface area contributed by atoms with E-state index in [-0.39, 0.29) is 35.4 Å². The van der Waals surface area contributed by atoms with Gasteiger partial charge in [0, 0.05) is 19.2 Å². The molecule has 9 nitrogen and oxygen atoms in total. The SMILES string of the molecule is Cc1nsc(Nc2cnc(C(F)(F)F)cn2)c1C(=O)Nc1ccc(OC2CCN(CC(F)(F)F)C2)nc1. The van der Waals surface area contributed by atoms with Crippen LogP contribution in [0.3, 0.4) is 0 Å². The predicted molar refractivity (Wildman–Crippen MR) is 121 cm³/mol. The number of halogens is 6. The number of rotatable bonds is 7. The molecule has 4 rings (SSSR count). The number of hydrogen-bond donors (Lipinski definition) is 2. The Morgan fingerprint density at radius 2 is 1.92 bits per heavy atom. The molecule has 4 heterocycles. The Morgan fingerprint density at radius 1 is 1.14 bits per heavy atom. The van der Waals surface area contributed by atoms with Gasteiger partial charge in [0.05, 0.1) is 42.1 Å². The number of carbonyl (C=O) groups is 1. The van der Waals surface area contributed by atoms with Crippen molar-refractivity contribution < 1.29 is 35.9 Å². The van der Waals surface area contributed by atoms with Crippen LogP contribution in [-0.2, 0) is 6.18 Å². The van der Waals surface area contributed by atoms with Gasteiger partial charge in [0.15, 0.2) is 5.69 Å². The van der Waals surface area contributed by atoms with E-state index in [0.29, 0.717) is 24.0 Å². The number of nitrogens with one attached hydrogen (secondary N) is 2. The minimum absolute atomic E-state index is 0.00502. The van der Waals surface area contributed by atoms with Crippen molar-refractivity contribution in [1.29, 1.82) is 0 Å². The summed E-state index contributed by atoms with van der Waals surface area (Å²) in [5.41, 5.74) is -0.304. The molecule has 3 aromatic rings. The second kappa shape index (κ2) is 10.5. The molecular weight excluding hydrogens is 528 g/mol. The van der Waals surface area contributed by atoms with Crippen LogP contribution >= 0.6 is 11.5 Å². The van der Waals surface area contributed by atoms with Gasteiger partial charge in [-0.25, -0.2) is 15.0 Å². The number of nitrogens with zero attached hydrogens (tertiary/aromatic N) is 5. The minimum atomic E-state index is -4.63. The van der Waals surface area contributed by atoms with Gasteiger partial charge in [0.1, 0.15) is 16.9 Å². The molecule has 198 valence electrons. The molecule has 1 aliphatic rings. The number of aromatic nitrogens is 4. The summed E-state index contributed by atoms with van der Waals surface area (Å²) in [6, 6.07) is 3.00. The van der Waals surface area contributed by atoms with E-state index < -0.39 is 36.6 Å². The van der Waals surface area contributed by atoms with Gasteiger partial charge >= 0.3 is 12.4 Å². The Morgan fingerprint density at radius 3 is 2.54 bits per heavy atom. The molecule has 1 atom stereocenters. The lowest BCUT2D eigenvalue weighted by Gasteiger charge is -2.18. The molecule has 1 fully saturated rings. The molecule has 3 aromatic heterocycles. The lowest BCUT2D eigenvalue weighted by Crippen LogP contribution is -2.33. The average Bonchev–Trinajstić information content (AvgIpc) is 3.39. The fraction of sp³-hybridized carbons (Fsp3) is 0.381. The quantitative estimate of drug-likeness (QED) is 0.412. The lowest BCUT2D eigenvalue weighted by molar-refractivity contribution is -0.144.